The van der Waals surface area contributed by atoms with Crippen LogP contribution in [0.3, 0.4) is 0 Å². The molecule has 1 rings (SSSR count). The van der Waals surface area contributed by atoms with Crippen molar-refractivity contribution in [2.24, 2.45) is 0 Å². The number of nitro benzene ring substituents is 1. The highest BCUT2D eigenvalue weighted by Crippen LogP contribution is 2.21. The average molecular weight is 225 g/mol. The van der Waals surface area contributed by atoms with E-state index >= 15 is 0 Å². The number of Topliss-reactive ketones (excluding diaryl/α,β-unsaturated/α-hetero) is 1. The van der Waals surface area contributed by atoms with Gasteiger partial charge in [-0.05, 0) is 12.1 Å². The molecule has 1 aromatic rings. The first-order chi connectivity index (χ1) is 7.13. The molecule has 0 aliphatic heterocycles. The van der Waals surface area contributed by atoms with Crippen molar-refractivity contribution in [1.29, 1.82) is 0 Å². The molecule has 0 atom stereocenters. The van der Waals surface area contributed by atoms with E-state index in [2.05, 4.69) is 0 Å². The lowest BCUT2D eigenvalue weighted by Crippen LogP contribution is -1.97. The molecule has 0 heterocycles. The molecule has 0 saturated heterocycles. The molecule has 0 aromatic heterocycles. The standard InChI is InChI=1S/C10H11NO3S/c1-2-9(12)7-15-10-5-3-8(4-6-10)11(13)14/h3-6H,2,7H2,1H3. The summed E-state index contributed by atoms with van der Waals surface area (Å²) in [6.45, 7) is 1.82. The minimum Gasteiger partial charge on any atom is -0.299 e. The highest BCUT2D eigenvalue weighted by atomic mass is 32.2. The molecule has 0 unspecified atom stereocenters. The Balaban J connectivity index is 2.57. The maximum Gasteiger partial charge on any atom is 0.269 e. The Hall–Kier alpha value is -1.36. The van der Waals surface area contributed by atoms with Gasteiger partial charge in [0, 0.05) is 23.4 Å². The summed E-state index contributed by atoms with van der Waals surface area (Å²) < 4.78 is 0. The van der Waals surface area contributed by atoms with Crippen LogP contribution in [0.1, 0.15) is 13.3 Å². The Kier molecular flexibility index (Phi) is 4.30. The molecule has 1 aromatic carbocycles. The maximum absolute atomic E-state index is 11.0. The van der Waals surface area contributed by atoms with Crippen LogP contribution in [0.2, 0.25) is 0 Å². The molecular weight excluding hydrogens is 214 g/mol. The third kappa shape index (κ3) is 3.71. The first kappa shape index (κ1) is 11.7. The molecule has 0 aliphatic rings. The quantitative estimate of drug-likeness (QED) is 0.439. The van der Waals surface area contributed by atoms with Crippen molar-refractivity contribution in [1.82, 2.24) is 0 Å². The maximum atomic E-state index is 11.0. The van der Waals surface area contributed by atoms with Gasteiger partial charge in [0.15, 0.2) is 0 Å². The third-order valence-corrected chi connectivity index (χ3v) is 2.91. The smallest absolute Gasteiger partial charge is 0.269 e. The van der Waals surface area contributed by atoms with E-state index in [1.54, 1.807) is 12.1 Å². The highest BCUT2D eigenvalue weighted by molar-refractivity contribution is 8.00. The van der Waals surface area contributed by atoms with E-state index in [4.69, 9.17) is 0 Å². The molecular formula is C10H11NO3S. The van der Waals surface area contributed by atoms with E-state index in [0.29, 0.717) is 12.2 Å². The van der Waals surface area contributed by atoms with Gasteiger partial charge in [0.05, 0.1) is 10.7 Å². The van der Waals surface area contributed by atoms with Gasteiger partial charge in [-0.1, -0.05) is 6.92 Å². The van der Waals surface area contributed by atoms with Crippen molar-refractivity contribution in [3.05, 3.63) is 34.4 Å². The van der Waals surface area contributed by atoms with Crippen LogP contribution in [0.25, 0.3) is 0 Å². The van der Waals surface area contributed by atoms with Crippen molar-refractivity contribution < 1.29 is 9.72 Å². The van der Waals surface area contributed by atoms with E-state index in [-0.39, 0.29) is 11.5 Å². The van der Waals surface area contributed by atoms with Crippen LogP contribution < -0.4 is 0 Å². The summed E-state index contributed by atoms with van der Waals surface area (Å²) >= 11 is 1.40. The fourth-order valence-electron chi connectivity index (χ4n) is 0.930. The fraction of sp³-hybridized carbons (Fsp3) is 0.300. The minimum atomic E-state index is -0.439. The number of thioether (sulfide) groups is 1. The number of benzene rings is 1. The number of rotatable bonds is 5. The lowest BCUT2D eigenvalue weighted by molar-refractivity contribution is -0.384. The number of hydrogen-bond acceptors (Lipinski definition) is 4. The Labute approximate surface area is 91.8 Å². The molecule has 80 valence electrons. The summed E-state index contributed by atoms with van der Waals surface area (Å²) in [5, 5.41) is 10.4. The summed E-state index contributed by atoms with van der Waals surface area (Å²) in [7, 11) is 0. The first-order valence-corrected chi connectivity index (χ1v) is 5.51. The van der Waals surface area contributed by atoms with E-state index in [9.17, 15) is 14.9 Å². The summed E-state index contributed by atoms with van der Waals surface area (Å²) in [5.74, 6) is 0.604. The largest absolute Gasteiger partial charge is 0.299 e. The number of carbonyl (C=O) groups excluding carboxylic acids is 1. The second-order valence-corrected chi connectivity index (χ2v) is 3.98. The number of nitro groups is 1. The predicted molar refractivity (Wildman–Crippen MR) is 59.1 cm³/mol. The Morgan fingerprint density at radius 3 is 2.47 bits per heavy atom. The Bertz CT molecular complexity index is 361. The van der Waals surface area contributed by atoms with Crippen molar-refractivity contribution in [3.8, 4) is 0 Å². The predicted octanol–water partition coefficient (Wildman–Crippen LogP) is 2.67. The number of nitrogens with zero attached hydrogens (tertiary/aromatic N) is 1. The molecule has 0 aliphatic carbocycles. The van der Waals surface area contributed by atoms with E-state index in [0.717, 1.165) is 4.90 Å². The topological polar surface area (TPSA) is 60.2 Å². The molecule has 0 N–H and O–H groups in total. The van der Waals surface area contributed by atoms with Gasteiger partial charge in [-0.3, -0.25) is 14.9 Å². The zero-order chi connectivity index (χ0) is 11.3. The molecule has 4 nitrogen and oxygen atoms in total. The fourth-order valence-corrected chi connectivity index (χ4v) is 1.79. The molecule has 5 heteroatoms. The normalized spacial score (nSPS) is 9.93. The lowest BCUT2D eigenvalue weighted by Gasteiger charge is -1.99. The van der Waals surface area contributed by atoms with E-state index < -0.39 is 4.92 Å². The molecule has 0 bridgehead atoms. The van der Waals surface area contributed by atoms with Gasteiger partial charge in [0.25, 0.3) is 5.69 Å². The van der Waals surface area contributed by atoms with E-state index in [1.165, 1.54) is 23.9 Å². The van der Waals surface area contributed by atoms with Crippen LogP contribution in [0, 0.1) is 10.1 Å². The third-order valence-electron chi connectivity index (χ3n) is 1.84. The van der Waals surface area contributed by atoms with E-state index in [1.807, 2.05) is 6.92 Å². The van der Waals surface area contributed by atoms with Gasteiger partial charge in [0.1, 0.15) is 5.78 Å². The van der Waals surface area contributed by atoms with Crippen LogP contribution in [-0.2, 0) is 4.79 Å². The number of ketones is 1. The van der Waals surface area contributed by atoms with Crippen molar-refractivity contribution in [3.63, 3.8) is 0 Å². The van der Waals surface area contributed by atoms with Crippen molar-refractivity contribution in [2.45, 2.75) is 18.2 Å². The number of hydrogen-bond donors (Lipinski definition) is 0. The van der Waals surface area contributed by atoms with Crippen LogP contribution >= 0.6 is 11.8 Å². The molecule has 0 amide bonds. The van der Waals surface area contributed by atoms with Gasteiger partial charge in [-0.15, -0.1) is 11.8 Å². The summed E-state index contributed by atoms with van der Waals surface area (Å²) in [4.78, 5) is 21.8. The first-order valence-electron chi connectivity index (χ1n) is 4.52. The number of non-ortho nitro benzene ring substituents is 1. The molecule has 0 saturated carbocycles. The van der Waals surface area contributed by atoms with Gasteiger partial charge >= 0.3 is 0 Å². The van der Waals surface area contributed by atoms with Crippen molar-refractivity contribution >= 4 is 23.2 Å². The average Bonchev–Trinajstić information content (AvgIpc) is 2.26. The Morgan fingerprint density at radius 2 is 2.00 bits per heavy atom. The van der Waals surface area contributed by atoms with Crippen LogP contribution in [0.5, 0.6) is 0 Å². The SMILES string of the molecule is CCC(=O)CSc1ccc([N+](=O)[O-])cc1. The molecule has 0 spiro atoms. The molecule has 0 fully saturated rings. The second-order valence-electron chi connectivity index (χ2n) is 2.93. The summed E-state index contributed by atoms with van der Waals surface area (Å²) in [6, 6.07) is 6.20. The van der Waals surface area contributed by atoms with Crippen molar-refractivity contribution in [2.75, 3.05) is 5.75 Å². The second kappa shape index (κ2) is 5.50. The summed E-state index contributed by atoms with van der Waals surface area (Å²) in [5.41, 5.74) is 0.0705. The van der Waals surface area contributed by atoms with Gasteiger partial charge < -0.3 is 0 Å². The van der Waals surface area contributed by atoms with Crippen LogP contribution in [-0.4, -0.2) is 16.5 Å². The highest BCUT2D eigenvalue weighted by Gasteiger charge is 2.05. The molecule has 15 heavy (non-hydrogen) atoms. The van der Waals surface area contributed by atoms with Gasteiger partial charge in [-0.25, -0.2) is 0 Å². The Morgan fingerprint density at radius 1 is 1.40 bits per heavy atom. The zero-order valence-electron chi connectivity index (χ0n) is 8.30. The van der Waals surface area contributed by atoms with Crippen LogP contribution in [0.15, 0.2) is 29.2 Å². The van der Waals surface area contributed by atoms with Gasteiger partial charge in [0.2, 0.25) is 0 Å². The summed E-state index contributed by atoms with van der Waals surface area (Å²) in [6.07, 6.45) is 0.528. The lowest BCUT2D eigenvalue weighted by atomic mass is 10.3. The molecule has 0 radical (unpaired) electrons. The zero-order valence-corrected chi connectivity index (χ0v) is 9.12. The number of carbonyl (C=O) groups is 1. The van der Waals surface area contributed by atoms with Gasteiger partial charge in [-0.2, -0.15) is 0 Å². The minimum absolute atomic E-state index is 0.0705. The monoisotopic (exact) mass is 225 g/mol. The van der Waals surface area contributed by atoms with Crippen LogP contribution in [0.4, 0.5) is 5.69 Å².